The summed E-state index contributed by atoms with van der Waals surface area (Å²) in [7, 11) is 0. The number of hydrogen-bond acceptors (Lipinski definition) is 1. The second-order valence-electron chi connectivity index (χ2n) is 5.74. The highest BCUT2D eigenvalue weighted by Crippen LogP contribution is 2.49. The Morgan fingerprint density at radius 2 is 1.50 bits per heavy atom. The highest BCUT2D eigenvalue weighted by Gasteiger charge is 2.44. The lowest BCUT2D eigenvalue weighted by atomic mass is 9.82. The Bertz CT molecular complexity index is 343. The first-order valence-corrected chi connectivity index (χ1v) is 6.62. The van der Waals surface area contributed by atoms with Gasteiger partial charge in [-0.25, -0.2) is 0 Å². The van der Waals surface area contributed by atoms with E-state index in [0.717, 1.165) is 11.8 Å². The minimum atomic E-state index is -0.0269. The molecule has 86 valence electrons. The van der Waals surface area contributed by atoms with Crippen molar-refractivity contribution in [3.8, 4) is 0 Å². The van der Waals surface area contributed by atoms with Crippen molar-refractivity contribution in [3.05, 3.63) is 35.9 Å². The zero-order chi connectivity index (χ0) is 11.0. The third kappa shape index (κ3) is 1.67. The fourth-order valence-corrected chi connectivity index (χ4v) is 3.85. The van der Waals surface area contributed by atoms with Crippen LogP contribution in [0.4, 0.5) is 0 Å². The molecular formula is C15H21N. The van der Waals surface area contributed by atoms with Crippen molar-refractivity contribution in [1.29, 1.82) is 0 Å². The molecule has 3 rings (SSSR count). The molecule has 2 aliphatic rings. The maximum Gasteiger partial charge on any atom is 0.0415 e. The van der Waals surface area contributed by atoms with Gasteiger partial charge in [0.05, 0.1) is 0 Å². The minimum Gasteiger partial charge on any atom is -0.321 e. The van der Waals surface area contributed by atoms with Crippen molar-refractivity contribution < 1.29 is 0 Å². The SMILES string of the molecule is NC1(c2ccccc2)CC2CCCCC2C1. The third-order valence-electron chi connectivity index (χ3n) is 4.67. The molecule has 16 heavy (non-hydrogen) atoms. The first-order chi connectivity index (χ1) is 7.78. The van der Waals surface area contributed by atoms with E-state index in [2.05, 4.69) is 30.3 Å². The molecule has 2 N–H and O–H groups in total. The summed E-state index contributed by atoms with van der Waals surface area (Å²) in [6.45, 7) is 0. The molecule has 0 spiro atoms. The Morgan fingerprint density at radius 1 is 0.938 bits per heavy atom. The second-order valence-corrected chi connectivity index (χ2v) is 5.74. The van der Waals surface area contributed by atoms with Gasteiger partial charge < -0.3 is 5.73 Å². The van der Waals surface area contributed by atoms with Crippen LogP contribution >= 0.6 is 0 Å². The van der Waals surface area contributed by atoms with Crippen molar-refractivity contribution in [2.45, 2.75) is 44.1 Å². The van der Waals surface area contributed by atoms with Gasteiger partial charge in [0.25, 0.3) is 0 Å². The van der Waals surface area contributed by atoms with Crippen molar-refractivity contribution >= 4 is 0 Å². The van der Waals surface area contributed by atoms with Crippen LogP contribution < -0.4 is 5.73 Å². The van der Waals surface area contributed by atoms with Gasteiger partial charge in [-0.3, -0.25) is 0 Å². The van der Waals surface area contributed by atoms with E-state index in [-0.39, 0.29) is 5.54 Å². The summed E-state index contributed by atoms with van der Waals surface area (Å²) in [6, 6.07) is 10.7. The van der Waals surface area contributed by atoms with E-state index in [4.69, 9.17) is 5.73 Å². The number of fused-ring (bicyclic) bond motifs is 1. The Labute approximate surface area is 98.0 Å². The molecular weight excluding hydrogens is 194 g/mol. The van der Waals surface area contributed by atoms with E-state index in [1.807, 2.05) is 0 Å². The van der Waals surface area contributed by atoms with Crippen molar-refractivity contribution in [2.75, 3.05) is 0 Å². The number of benzene rings is 1. The average Bonchev–Trinajstić information content (AvgIpc) is 2.68. The van der Waals surface area contributed by atoms with E-state index < -0.39 is 0 Å². The van der Waals surface area contributed by atoms with Gasteiger partial charge in [-0.1, -0.05) is 56.0 Å². The van der Waals surface area contributed by atoms with Crippen LogP contribution in [0.2, 0.25) is 0 Å². The highest BCUT2D eigenvalue weighted by atomic mass is 14.8. The van der Waals surface area contributed by atoms with E-state index in [1.165, 1.54) is 44.1 Å². The van der Waals surface area contributed by atoms with E-state index in [1.54, 1.807) is 0 Å². The molecule has 0 aliphatic heterocycles. The molecule has 1 heteroatoms. The third-order valence-corrected chi connectivity index (χ3v) is 4.67. The topological polar surface area (TPSA) is 26.0 Å². The zero-order valence-corrected chi connectivity index (χ0v) is 9.86. The van der Waals surface area contributed by atoms with Crippen LogP contribution in [-0.4, -0.2) is 0 Å². The van der Waals surface area contributed by atoms with Gasteiger partial charge in [-0.05, 0) is 30.2 Å². The van der Waals surface area contributed by atoms with Gasteiger partial charge >= 0.3 is 0 Å². The van der Waals surface area contributed by atoms with Crippen LogP contribution in [0.1, 0.15) is 44.1 Å². The summed E-state index contributed by atoms with van der Waals surface area (Å²) in [6.07, 6.45) is 8.09. The molecule has 2 unspecified atom stereocenters. The molecule has 2 fully saturated rings. The van der Waals surface area contributed by atoms with Crippen molar-refractivity contribution in [3.63, 3.8) is 0 Å². The summed E-state index contributed by atoms with van der Waals surface area (Å²) in [4.78, 5) is 0. The van der Waals surface area contributed by atoms with Gasteiger partial charge in [0.1, 0.15) is 0 Å². The van der Waals surface area contributed by atoms with Gasteiger partial charge in [-0.2, -0.15) is 0 Å². The molecule has 2 saturated carbocycles. The normalized spacial score (nSPS) is 38.3. The molecule has 0 bridgehead atoms. The first kappa shape index (κ1) is 10.3. The second kappa shape index (κ2) is 3.89. The van der Waals surface area contributed by atoms with E-state index in [0.29, 0.717) is 0 Å². The average molecular weight is 215 g/mol. The van der Waals surface area contributed by atoms with Crippen LogP contribution in [0.25, 0.3) is 0 Å². The fourth-order valence-electron chi connectivity index (χ4n) is 3.85. The van der Waals surface area contributed by atoms with Gasteiger partial charge in [0, 0.05) is 5.54 Å². The molecule has 1 aromatic rings. The Morgan fingerprint density at radius 3 is 2.06 bits per heavy atom. The van der Waals surface area contributed by atoms with Crippen molar-refractivity contribution in [2.24, 2.45) is 17.6 Å². The largest absolute Gasteiger partial charge is 0.321 e. The monoisotopic (exact) mass is 215 g/mol. The Kier molecular flexibility index (Phi) is 2.51. The molecule has 2 aliphatic carbocycles. The van der Waals surface area contributed by atoms with Crippen LogP contribution in [0.15, 0.2) is 30.3 Å². The maximum atomic E-state index is 6.64. The fraction of sp³-hybridized carbons (Fsp3) is 0.600. The van der Waals surface area contributed by atoms with Gasteiger partial charge in [0.15, 0.2) is 0 Å². The molecule has 0 amide bonds. The molecule has 0 aromatic heterocycles. The maximum absolute atomic E-state index is 6.64. The van der Waals surface area contributed by atoms with Crippen LogP contribution in [0.3, 0.4) is 0 Å². The van der Waals surface area contributed by atoms with Crippen LogP contribution in [0, 0.1) is 11.8 Å². The highest BCUT2D eigenvalue weighted by molar-refractivity contribution is 5.26. The Hall–Kier alpha value is -0.820. The molecule has 0 heterocycles. The van der Waals surface area contributed by atoms with Gasteiger partial charge in [0.2, 0.25) is 0 Å². The van der Waals surface area contributed by atoms with Crippen LogP contribution in [0.5, 0.6) is 0 Å². The van der Waals surface area contributed by atoms with Crippen molar-refractivity contribution in [1.82, 2.24) is 0 Å². The Balaban J connectivity index is 1.85. The standard InChI is InChI=1S/C15H21N/c16-15(14-8-2-1-3-9-14)10-12-6-4-5-7-13(12)11-15/h1-3,8-9,12-13H,4-7,10-11,16H2. The van der Waals surface area contributed by atoms with Gasteiger partial charge in [-0.15, -0.1) is 0 Å². The number of rotatable bonds is 1. The summed E-state index contributed by atoms with van der Waals surface area (Å²) < 4.78 is 0. The minimum absolute atomic E-state index is 0.0269. The summed E-state index contributed by atoms with van der Waals surface area (Å²) in [5.74, 6) is 1.80. The lowest BCUT2D eigenvalue weighted by Gasteiger charge is -2.24. The lowest BCUT2D eigenvalue weighted by molar-refractivity contribution is 0.277. The number of hydrogen-bond donors (Lipinski definition) is 1. The zero-order valence-electron chi connectivity index (χ0n) is 9.86. The predicted octanol–water partition coefficient (Wildman–Crippen LogP) is 3.44. The predicted molar refractivity (Wildman–Crippen MR) is 67.0 cm³/mol. The molecule has 0 saturated heterocycles. The summed E-state index contributed by atoms with van der Waals surface area (Å²) in [5.41, 5.74) is 7.96. The summed E-state index contributed by atoms with van der Waals surface area (Å²) >= 11 is 0. The number of nitrogens with two attached hydrogens (primary N) is 1. The smallest absolute Gasteiger partial charge is 0.0415 e. The molecule has 1 aromatic carbocycles. The molecule has 2 atom stereocenters. The lowest BCUT2D eigenvalue weighted by Crippen LogP contribution is -2.33. The molecule has 1 nitrogen and oxygen atoms in total. The summed E-state index contributed by atoms with van der Waals surface area (Å²) in [5, 5.41) is 0. The quantitative estimate of drug-likeness (QED) is 0.763. The van der Waals surface area contributed by atoms with E-state index >= 15 is 0 Å². The van der Waals surface area contributed by atoms with Crippen LogP contribution in [-0.2, 0) is 5.54 Å². The first-order valence-electron chi connectivity index (χ1n) is 6.62. The van der Waals surface area contributed by atoms with E-state index in [9.17, 15) is 0 Å². The molecule has 0 radical (unpaired) electrons.